The lowest BCUT2D eigenvalue weighted by molar-refractivity contribution is 0.808. The number of thiophene rings is 1. The monoisotopic (exact) mass is 199 g/mol. The van der Waals surface area contributed by atoms with E-state index < -0.39 is 0 Å². The van der Waals surface area contributed by atoms with Gasteiger partial charge in [0.2, 0.25) is 5.28 Å². The third-order valence-corrected chi connectivity index (χ3v) is 2.63. The van der Waals surface area contributed by atoms with Crippen molar-refractivity contribution in [2.75, 3.05) is 0 Å². The second-order valence-corrected chi connectivity index (χ2v) is 3.68. The predicted octanol–water partition coefficient (Wildman–Crippen LogP) is 2.04. The van der Waals surface area contributed by atoms with Gasteiger partial charge in [0.05, 0.1) is 6.54 Å². The quantitative estimate of drug-likeness (QED) is 0.741. The maximum absolute atomic E-state index is 5.75. The molecule has 12 heavy (non-hydrogen) atoms. The van der Waals surface area contributed by atoms with Crippen molar-refractivity contribution in [3.63, 3.8) is 0 Å². The van der Waals surface area contributed by atoms with E-state index >= 15 is 0 Å². The minimum absolute atomic E-state index is 0.434. The molecule has 2 heterocycles. The lowest BCUT2D eigenvalue weighted by atomic mass is 10.5. The molecule has 0 bridgehead atoms. The first-order valence-corrected chi connectivity index (χ1v) is 4.68. The zero-order valence-electron chi connectivity index (χ0n) is 6.14. The minimum atomic E-state index is 0.434. The smallest absolute Gasteiger partial charge is 0.225 e. The molecule has 0 unspecified atom stereocenters. The Bertz CT molecular complexity index is 354. The summed E-state index contributed by atoms with van der Waals surface area (Å²) in [6.45, 7) is 0.753. The van der Waals surface area contributed by atoms with Gasteiger partial charge in [0.25, 0.3) is 0 Å². The Hall–Kier alpha value is -0.870. The second-order valence-electron chi connectivity index (χ2n) is 2.31. The molecule has 2 rings (SSSR count). The number of halogens is 1. The minimum Gasteiger partial charge on any atom is -0.299 e. The molecular weight excluding hydrogens is 194 g/mol. The number of rotatable bonds is 2. The van der Waals surface area contributed by atoms with E-state index in [0.29, 0.717) is 5.28 Å². The molecule has 2 aromatic heterocycles. The lowest BCUT2D eigenvalue weighted by Gasteiger charge is -1.97. The van der Waals surface area contributed by atoms with E-state index in [-0.39, 0.29) is 0 Å². The SMILES string of the molecule is Clc1nncn1Cc1cccs1. The molecule has 62 valence electrons. The average Bonchev–Trinajstić information content (AvgIpc) is 2.65. The van der Waals surface area contributed by atoms with Crippen LogP contribution in [0.25, 0.3) is 0 Å². The van der Waals surface area contributed by atoms with Crippen molar-refractivity contribution in [3.8, 4) is 0 Å². The van der Waals surface area contributed by atoms with Crippen LogP contribution < -0.4 is 0 Å². The van der Waals surface area contributed by atoms with Crippen LogP contribution in [0.15, 0.2) is 23.8 Å². The topological polar surface area (TPSA) is 30.7 Å². The van der Waals surface area contributed by atoms with Crippen LogP contribution >= 0.6 is 22.9 Å². The van der Waals surface area contributed by atoms with Gasteiger partial charge in [0.1, 0.15) is 6.33 Å². The summed E-state index contributed by atoms with van der Waals surface area (Å²) >= 11 is 7.45. The van der Waals surface area contributed by atoms with Gasteiger partial charge in [-0.3, -0.25) is 4.57 Å². The van der Waals surface area contributed by atoms with E-state index in [2.05, 4.69) is 16.3 Å². The molecule has 0 spiro atoms. The van der Waals surface area contributed by atoms with Gasteiger partial charge < -0.3 is 0 Å². The van der Waals surface area contributed by atoms with E-state index in [9.17, 15) is 0 Å². The maximum Gasteiger partial charge on any atom is 0.225 e. The molecule has 0 aromatic carbocycles. The Morgan fingerprint density at radius 2 is 2.50 bits per heavy atom. The van der Waals surface area contributed by atoms with Gasteiger partial charge in [0, 0.05) is 4.88 Å². The van der Waals surface area contributed by atoms with Crippen LogP contribution in [-0.2, 0) is 6.54 Å². The first kappa shape index (κ1) is 7.76. The molecule has 0 amide bonds. The van der Waals surface area contributed by atoms with E-state index in [1.165, 1.54) is 4.88 Å². The van der Waals surface area contributed by atoms with Crippen molar-refractivity contribution in [1.82, 2.24) is 14.8 Å². The fourth-order valence-electron chi connectivity index (χ4n) is 0.917. The normalized spacial score (nSPS) is 10.4. The van der Waals surface area contributed by atoms with Crippen molar-refractivity contribution in [3.05, 3.63) is 34.0 Å². The Balaban J connectivity index is 2.20. The summed E-state index contributed by atoms with van der Waals surface area (Å²) in [6.07, 6.45) is 1.63. The van der Waals surface area contributed by atoms with Crippen molar-refractivity contribution >= 4 is 22.9 Å². The van der Waals surface area contributed by atoms with Gasteiger partial charge in [-0.25, -0.2) is 0 Å². The van der Waals surface area contributed by atoms with Crippen molar-refractivity contribution < 1.29 is 0 Å². The lowest BCUT2D eigenvalue weighted by Crippen LogP contribution is -1.95. The van der Waals surface area contributed by atoms with Crippen LogP contribution in [0.3, 0.4) is 0 Å². The summed E-state index contributed by atoms with van der Waals surface area (Å²) in [5.41, 5.74) is 0. The largest absolute Gasteiger partial charge is 0.299 e. The molecule has 0 saturated heterocycles. The predicted molar refractivity (Wildman–Crippen MR) is 48.5 cm³/mol. The van der Waals surface area contributed by atoms with Gasteiger partial charge in [-0.15, -0.1) is 21.5 Å². The fourth-order valence-corrected chi connectivity index (χ4v) is 1.77. The molecule has 0 fully saturated rings. The second kappa shape index (κ2) is 3.25. The number of hydrogen-bond acceptors (Lipinski definition) is 3. The van der Waals surface area contributed by atoms with E-state index in [0.717, 1.165) is 6.54 Å². The molecule has 0 saturated carbocycles. The molecule has 2 aromatic rings. The zero-order chi connectivity index (χ0) is 8.39. The highest BCUT2D eigenvalue weighted by molar-refractivity contribution is 7.09. The Labute approximate surface area is 78.6 Å². The van der Waals surface area contributed by atoms with Gasteiger partial charge in [-0.1, -0.05) is 6.07 Å². The van der Waals surface area contributed by atoms with Crippen molar-refractivity contribution in [2.45, 2.75) is 6.54 Å². The van der Waals surface area contributed by atoms with Crippen molar-refractivity contribution in [2.24, 2.45) is 0 Å². The van der Waals surface area contributed by atoms with Gasteiger partial charge in [0.15, 0.2) is 0 Å². The third kappa shape index (κ3) is 1.49. The number of nitrogens with zero attached hydrogens (tertiary/aromatic N) is 3. The highest BCUT2D eigenvalue weighted by Gasteiger charge is 2.00. The van der Waals surface area contributed by atoms with Crippen LogP contribution in [0.5, 0.6) is 0 Å². The van der Waals surface area contributed by atoms with Crippen LogP contribution in [0.1, 0.15) is 4.88 Å². The van der Waals surface area contributed by atoms with Crippen LogP contribution in [-0.4, -0.2) is 14.8 Å². The molecule has 0 aliphatic carbocycles. The van der Waals surface area contributed by atoms with E-state index in [1.807, 2.05) is 11.4 Å². The van der Waals surface area contributed by atoms with Gasteiger partial charge >= 0.3 is 0 Å². The highest BCUT2D eigenvalue weighted by atomic mass is 35.5. The van der Waals surface area contributed by atoms with E-state index in [1.54, 1.807) is 22.2 Å². The van der Waals surface area contributed by atoms with Crippen LogP contribution in [0, 0.1) is 0 Å². The van der Waals surface area contributed by atoms with E-state index in [4.69, 9.17) is 11.6 Å². The summed E-state index contributed by atoms with van der Waals surface area (Å²) in [5, 5.41) is 9.84. The van der Waals surface area contributed by atoms with Crippen molar-refractivity contribution in [1.29, 1.82) is 0 Å². The molecule has 3 nitrogen and oxygen atoms in total. The van der Waals surface area contributed by atoms with Gasteiger partial charge in [-0.2, -0.15) is 0 Å². The summed E-state index contributed by atoms with van der Waals surface area (Å²) in [6, 6.07) is 4.07. The van der Waals surface area contributed by atoms with Gasteiger partial charge in [-0.05, 0) is 23.0 Å². The fraction of sp³-hybridized carbons (Fsp3) is 0.143. The number of aromatic nitrogens is 3. The maximum atomic E-state index is 5.75. The molecule has 5 heteroatoms. The summed E-state index contributed by atoms with van der Waals surface area (Å²) in [5.74, 6) is 0. The molecule has 0 aliphatic heterocycles. The first-order valence-electron chi connectivity index (χ1n) is 3.42. The Morgan fingerprint density at radius 3 is 3.08 bits per heavy atom. The third-order valence-electron chi connectivity index (χ3n) is 1.47. The molecule has 0 atom stereocenters. The Kier molecular flexibility index (Phi) is 2.10. The molecule has 0 N–H and O–H groups in total. The summed E-state index contributed by atoms with van der Waals surface area (Å²) < 4.78 is 1.80. The van der Waals surface area contributed by atoms with Crippen LogP contribution in [0.2, 0.25) is 5.28 Å². The van der Waals surface area contributed by atoms with Crippen LogP contribution in [0.4, 0.5) is 0 Å². The Morgan fingerprint density at radius 1 is 1.58 bits per heavy atom. The molecule has 0 aliphatic rings. The average molecular weight is 200 g/mol. The molecule has 0 radical (unpaired) electrons. The summed E-state index contributed by atoms with van der Waals surface area (Å²) in [7, 11) is 0. The highest BCUT2D eigenvalue weighted by Crippen LogP contribution is 2.12. The first-order chi connectivity index (χ1) is 5.86. The standard InChI is InChI=1S/C7H6ClN3S/c8-7-10-9-5-11(7)4-6-2-1-3-12-6/h1-3,5H,4H2. The molecular formula is C7H6ClN3S. The number of hydrogen-bond donors (Lipinski definition) is 0. The summed E-state index contributed by atoms with van der Waals surface area (Å²) in [4.78, 5) is 1.25. The zero-order valence-corrected chi connectivity index (χ0v) is 7.72.